The summed E-state index contributed by atoms with van der Waals surface area (Å²) in [6.45, 7) is 0.189. The molecule has 2 aromatic carbocycles. The predicted molar refractivity (Wildman–Crippen MR) is 98.7 cm³/mol. The molecule has 0 aliphatic rings. The third-order valence-electron chi connectivity index (χ3n) is 3.59. The van der Waals surface area contributed by atoms with E-state index in [0.717, 1.165) is 9.60 Å². The van der Waals surface area contributed by atoms with E-state index in [9.17, 15) is 9.18 Å². The maximum Gasteiger partial charge on any atom is 0.266 e. The summed E-state index contributed by atoms with van der Waals surface area (Å²) in [7, 11) is 1.54. The van der Waals surface area contributed by atoms with Crippen molar-refractivity contribution in [1.82, 2.24) is 0 Å². The molecule has 0 unspecified atom stereocenters. The fourth-order valence-corrected chi connectivity index (χ4v) is 4.10. The molecule has 6 heteroatoms. The SMILES string of the molecule is COCc1c(C(=O)Nc2cccc(SC)c2)sc2cccc(F)c12. The topological polar surface area (TPSA) is 38.3 Å². The van der Waals surface area contributed by atoms with Crippen LogP contribution in [0.2, 0.25) is 0 Å². The molecule has 0 spiro atoms. The van der Waals surface area contributed by atoms with Crippen molar-refractivity contribution in [3.8, 4) is 0 Å². The van der Waals surface area contributed by atoms with Crippen LogP contribution in [0, 0.1) is 5.82 Å². The fraction of sp³-hybridized carbons (Fsp3) is 0.167. The Labute approximate surface area is 147 Å². The molecule has 0 bridgehead atoms. The minimum atomic E-state index is -0.334. The number of hydrogen-bond acceptors (Lipinski definition) is 4. The molecule has 124 valence electrons. The first-order valence-corrected chi connectivity index (χ1v) is 9.32. The van der Waals surface area contributed by atoms with Crippen molar-refractivity contribution in [2.24, 2.45) is 0 Å². The second-order valence-electron chi connectivity index (χ2n) is 5.14. The van der Waals surface area contributed by atoms with Crippen LogP contribution in [-0.4, -0.2) is 19.3 Å². The maximum atomic E-state index is 14.2. The van der Waals surface area contributed by atoms with Gasteiger partial charge in [0.2, 0.25) is 0 Å². The minimum Gasteiger partial charge on any atom is -0.380 e. The Morgan fingerprint density at radius 3 is 2.83 bits per heavy atom. The van der Waals surface area contributed by atoms with Crippen LogP contribution in [0.3, 0.4) is 0 Å². The molecule has 1 N–H and O–H groups in total. The molecule has 1 amide bonds. The van der Waals surface area contributed by atoms with Crippen LogP contribution in [0.15, 0.2) is 47.4 Å². The number of ether oxygens (including phenoxy) is 1. The normalized spacial score (nSPS) is 11.0. The van der Waals surface area contributed by atoms with Crippen LogP contribution in [0.5, 0.6) is 0 Å². The van der Waals surface area contributed by atoms with Crippen LogP contribution in [0.1, 0.15) is 15.2 Å². The summed E-state index contributed by atoms with van der Waals surface area (Å²) in [5.41, 5.74) is 1.31. The van der Waals surface area contributed by atoms with E-state index in [0.29, 0.717) is 21.5 Å². The summed E-state index contributed by atoms with van der Waals surface area (Å²) in [5.74, 6) is -0.583. The number of carbonyl (C=O) groups excluding carboxylic acids is 1. The van der Waals surface area contributed by atoms with Gasteiger partial charge in [-0.3, -0.25) is 4.79 Å². The molecular weight excluding hydrogens is 345 g/mol. The predicted octanol–water partition coefficient (Wildman–Crippen LogP) is 5.16. The summed E-state index contributed by atoms with van der Waals surface area (Å²) < 4.78 is 20.1. The highest BCUT2D eigenvalue weighted by atomic mass is 32.2. The van der Waals surface area contributed by atoms with Gasteiger partial charge in [0.15, 0.2) is 0 Å². The van der Waals surface area contributed by atoms with Gasteiger partial charge >= 0.3 is 0 Å². The molecule has 0 saturated carbocycles. The van der Waals surface area contributed by atoms with Gasteiger partial charge < -0.3 is 10.1 Å². The van der Waals surface area contributed by atoms with E-state index in [1.165, 1.54) is 24.5 Å². The van der Waals surface area contributed by atoms with E-state index >= 15 is 0 Å². The molecule has 1 heterocycles. The summed E-state index contributed by atoms with van der Waals surface area (Å²) >= 11 is 2.88. The molecule has 24 heavy (non-hydrogen) atoms. The molecule has 0 atom stereocenters. The molecule has 3 rings (SSSR count). The molecule has 0 aliphatic heterocycles. The third-order valence-corrected chi connectivity index (χ3v) is 5.51. The number of halogens is 1. The van der Waals surface area contributed by atoms with Crippen molar-refractivity contribution in [3.05, 3.63) is 58.7 Å². The Hall–Kier alpha value is -1.89. The van der Waals surface area contributed by atoms with Crippen molar-refractivity contribution in [1.29, 1.82) is 0 Å². The highest BCUT2D eigenvalue weighted by molar-refractivity contribution is 7.98. The van der Waals surface area contributed by atoms with Crippen molar-refractivity contribution < 1.29 is 13.9 Å². The van der Waals surface area contributed by atoms with Crippen LogP contribution in [0.25, 0.3) is 10.1 Å². The molecule has 0 fully saturated rings. The summed E-state index contributed by atoms with van der Waals surface area (Å²) in [6.07, 6.45) is 1.98. The van der Waals surface area contributed by atoms with Gasteiger partial charge in [-0.2, -0.15) is 0 Å². The van der Waals surface area contributed by atoms with Crippen LogP contribution >= 0.6 is 23.1 Å². The number of thioether (sulfide) groups is 1. The first kappa shape index (κ1) is 17.0. The zero-order valence-electron chi connectivity index (χ0n) is 13.3. The molecule has 0 radical (unpaired) electrons. The van der Waals surface area contributed by atoms with Gasteiger partial charge in [0.1, 0.15) is 5.82 Å². The minimum absolute atomic E-state index is 0.189. The van der Waals surface area contributed by atoms with E-state index in [-0.39, 0.29) is 18.3 Å². The number of anilines is 1. The van der Waals surface area contributed by atoms with Crippen LogP contribution in [0.4, 0.5) is 10.1 Å². The first-order valence-electron chi connectivity index (χ1n) is 7.28. The second kappa shape index (κ2) is 7.34. The van der Waals surface area contributed by atoms with Crippen molar-refractivity contribution in [3.63, 3.8) is 0 Å². The lowest BCUT2D eigenvalue weighted by molar-refractivity contribution is 0.102. The standard InChI is InChI=1S/C18H16FNO2S2/c1-22-10-13-16-14(19)7-4-8-15(16)24-17(13)18(21)20-11-5-3-6-12(9-11)23-2/h3-9H,10H2,1-2H3,(H,20,21). The lowest BCUT2D eigenvalue weighted by Crippen LogP contribution is -2.12. The molecular formula is C18H16FNO2S2. The van der Waals surface area contributed by atoms with Crippen molar-refractivity contribution in [2.75, 3.05) is 18.7 Å². The van der Waals surface area contributed by atoms with Crippen LogP contribution < -0.4 is 5.32 Å². The molecule has 1 aromatic heterocycles. The number of thiophene rings is 1. The maximum absolute atomic E-state index is 14.2. The van der Waals surface area contributed by atoms with E-state index in [1.54, 1.807) is 17.8 Å². The highest BCUT2D eigenvalue weighted by Gasteiger charge is 2.20. The highest BCUT2D eigenvalue weighted by Crippen LogP contribution is 2.34. The van der Waals surface area contributed by atoms with Crippen molar-refractivity contribution >= 4 is 44.8 Å². The number of hydrogen-bond donors (Lipinski definition) is 1. The van der Waals surface area contributed by atoms with Gasteiger partial charge in [0, 0.05) is 33.3 Å². The molecule has 0 aliphatic carbocycles. The molecule has 3 nitrogen and oxygen atoms in total. The smallest absolute Gasteiger partial charge is 0.266 e. The Kier molecular flexibility index (Phi) is 5.18. The number of methoxy groups -OCH3 is 1. The third kappa shape index (κ3) is 3.31. The number of amides is 1. The van der Waals surface area contributed by atoms with Gasteiger partial charge in [0.05, 0.1) is 11.5 Å². The largest absolute Gasteiger partial charge is 0.380 e. The quantitative estimate of drug-likeness (QED) is 0.638. The van der Waals surface area contributed by atoms with E-state index in [2.05, 4.69) is 5.32 Å². The van der Waals surface area contributed by atoms with Gasteiger partial charge in [-0.25, -0.2) is 4.39 Å². The lowest BCUT2D eigenvalue weighted by atomic mass is 10.1. The summed E-state index contributed by atoms with van der Waals surface area (Å²) in [5, 5.41) is 3.36. The zero-order valence-corrected chi connectivity index (χ0v) is 14.9. The Bertz CT molecular complexity index is 892. The zero-order chi connectivity index (χ0) is 17.1. The van der Waals surface area contributed by atoms with Gasteiger partial charge in [-0.1, -0.05) is 12.1 Å². The van der Waals surface area contributed by atoms with Gasteiger partial charge in [0.25, 0.3) is 5.91 Å². The lowest BCUT2D eigenvalue weighted by Gasteiger charge is -2.07. The monoisotopic (exact) mass is 361 g/mol. The van der Waals surface area contributed by atoms with Crippen LogP contribution in [-0.2, 0) is 11.3 Å². The first-order chi connectivity index (χ1) is 11.6. The Balaban J connectivity index is 1.99. The fourth-order valence-electron chi connectivity index (χ4n) is 2.52. The van der Waals surface area contributed by atoms with Crippen molar-refractivity contribution in [2.45, 2.75) is 11.5 Å². The number of rotatable bonds is 5. The van der Waals surface area contributed by atoms with Gasteiger partial charge in [-0.15, -0.1) is 23.1 Å². The van der Waals surface area contributed by atoms with E-state index in [1.807, 2.05) is 36.6 Å². The number of fused-ring (bicyclic) bond motifs is 1. The number of carbonyl (C=O) groups is 1. The summed E-state index contributed by atoms with van der Waals surface area (Å²) in [6, 6.07) is 12.5. The Morgan fingerprint density at radius 1 is 1.29 bits per heavy atom. The van der Waals surface area contributed by atoms with E-state index < -0.39 is 0 Å². The van der Waals surface area contributed by atoms with Gasteiger partial charge in [-0.05, 0) is 36.6 Å². The number of benzene rings is 2. The molecule has 0 saturated heterocycles. The summed E-state index contributed by atoms with van der Waals surface area (Å²) in [4.78, 5) is 14.2. The average molecular weight is 361 g/mol. The average Bonchev–Trinajstić information content (AvgIpc) is 2.95. The number of nitrogens with one attached hydrogen (secondary N) is 1. The van der Waals surface area contributed by atoms with E-state index in [4.69, 9.17) is 4.74 Å². The second-order valence-corrected chi connectivity index (χ2v) is 7.07. The Morgan fingerprint density at radius 2 is 2.08 bits per heavy atom. The molecule has 3 aromatic rings.